The third-order valence-electron chi connectivity index (χ3n) is 4.14. The Labute approximate surface area is 105 Å². The van der Waals surface area contributed by atoms with Gasteiger partial charge in [0.2, 0.25) is 0 Å². The molecule has 0 bridgehead atoms. The number of likely N-dealkylation sites (tertiary alicyclic amines) is 2. The van der Waals surface area contributed by atoms with E-state index >= 15 is 0 Å². The molecule has 0 aromatic rings. The Kier molecular flexibility index (Phi) is 3.61. The minimum atomic E-state index is 0.170. The summed E-state index contributed by atoms with van der Waals surface area (Å²) in [7, 11) is 3.68. The molecule has 2 aliphatic heterocycles. The second-order valence-corrected chi connectivity index (χ2v) is 5.88. The van der Waals surface area contributed by atoms with E-state index in [1.807, 2.05) is 19.0 Å². The number of nitrogens with zero attached hydrogens (tertiary/aromatic N) is 3. The topological polar surface area (TPSA) is 26.8 Å². The van der Waals surface area contributed by atoms with Crippen molar-refractivity contribution in [3.8, 4) is 0 Å². The second-order valence-electron chi connectivity index (χ2n) is 5.88. The second kappa shape index (κ2) is 4.84. The predicted octanol–water partition coefficient (Wildman–Crippen LogP) is 1.47. The van der Waals surface area contributed by atoms with Crippen LogP contribution in [-0.2, 0) is 0 Å². The normalized spacial score (nSPS) is 29.6. The Balaban J connectivity index is 2.05. The molecule has 2 rings (SSSR count). The van der Waals surface area contributed by atoms with E-state index in [-0.39, 0.29) is 6.03 Å². The Morgan fingerprint density at radius 2 is 2.00 bits per heavy atom. The van der Waals surface area contributed by atoms with Crippen molar-refractivity contribution in [1.29, 1.82) is 0 Å². The number of amides is 2. The molecule has 2 unspecified atom stereocenters. The van der Waals surface area contributed by atoms with E-state index in [9.17, 15) is 4.79 Å². The van der Waals surface area contributed by atoms with Gasteiger partial charge in [-0.2, -0.15) is 0 Å². The van der Waals surface area contributed by atoms with Crippen LogP contribution in [0.4, 0.5) is 4.79 Å². The first kappa shape index (κ1) is 12.7. The molecule has 2 fully saturated rings. The fourth-order valence-corrected chi connectivity index (χ4v) is 3.30. The molecule has 2 heterocycles. The maximum Gasteiger partial charge on any atom is 0.319 e. The molecule has 0 spiro atoms. The van der Waals surface area contributed by atoms with Crippen LogP contribution in [0, 0.1) is 5.92 Å². The summed E-state index contributed by atoms with van der Waals surface area (Å²) >= 11 is 0. The van der Waals surface area contributed by atoms with Gasteiger partial charge in [0.15, 0.2) is 0 Å². The Morgan fingerprint density at radius 3 is 2.59 bits per heavy atom. The number of urea groups is 1. The summed E-state index contributed by atoms with van der Waals surface area (Å²) in [5.41, 5.74) is 0. The highest BCUT2D eigenvalue weighted by Gasteiger charge is 2.41. The number of rotatable bonds is 1. The van der Waals surface area contributed by atoms with E-state index < -0.39 is 0 Å². The molecular weight excluding hydrogens is 214 g/mol. The van der Waals surface area contributed by atoms with Gasteiger partial charge in [-0.25, -0.2) is 4.79 Å². The summed E-state index contributed by atoms with van der Waals surface area (Å²) in [5, 5.41) is 0. The van der Waals surface area contributed by atoms with Crippen LogP contribution in [0.1, 0.15) is 26.7 Å². The van der Waals surface area contributed by atoms with Gasteiger partial charge in [-0.15, -0.1) is 0 Å². The van der Waals surface area contributed by atoms with Gasteiger partial charge < -0.3 is 9.80 Å². The highest BCUT2D eigenvalue weighted by molar-refractivity contribution is 5.74. The van der Waals surface area contributed by atoms with Crippen molar-refractivity contribution in [1.82, 2.24) is 14.7 Å². The average Bonchev–Trinajstić information content (AvgIpc) is 2.70. The lowest BCUT2D eigenvalue weighted by Crippen LogP contribution is -2.48. The van der Waals surface area contributed by atoms with E-state index in [0.29, 0.717) is 18.0 Å². The zero-order valence-electron chi connectivity index (χ0n) is 11.5. The quantitative estimate of drug-likeness (QED) is 0.693. The highest BCUT2D eigenvalue weighted by atomic mass is 16.2. The van der Waals surface area contributed by atoms with E-state index in [4.69, 9.17) is 0 Å². The Hall–Kier alpha value is -0.770. The maximum absolute atomic E-state index is 12.0. The predicted molar refractivity (Wildman–Crippen MR) is 69.0 cm³/mol. The van der Waals surface area contributed by atoms with Crippen LogP contribution in [0.3, 0.4) is 0 Å². The molecule has 0 aliphatic carbocycles. The minimum Gasteiger partial charge on any atom is -0.331 e. The average molecular weight is 239 g/mol. The van der Waals surface area contributed by atoms with Gasteiger partial charge in [0.1, 0.15) is 0 Å². The molecule has 2 aliphatic rings. The molecule has 2 saturated heterocycles. The largest absolute Gasteiger partial charge is 0.331 e. The van der Waals surface area contributed by atoms with Crippen LogP contribution in [0.5, 0.6) is 0 Å². The lowest BCUT2D eigenvalue weighted by molar-refractivity contribution is 0.0912. The minimum absolute atomic E-state index is 0.170. The number of hydrogen-bond donors (Lipinski definition) is 0. The van der Waals surface area contributed by atoms with Crippen molar-refractivity contribution in [2.24, 2.45) is 5.92 Å². The number of carbonyl (C=O) groups excluding carboxylic acids is 1. The van der Waals surface area contributed by atoms with Crippen LogP contribution >= 0.6 is 0 Å². The fraction of sp³-hybridized carbons (Fsp3) is 0.923. The highest BCUT2D eigenvalue weighted by Crippen LogP contribution is 2.32. The summed E-state index contributed by atoms with van der Waals surface area (Å²) in [5.74, 6) is 0.690. The van der Waals surface area contributed by atoms with E-state index in [0.717, 1.165) is 13.1 Å². The van der Waals surface area contributed by atoms with Crippen molar-refractivity contribution in [2.45, 2.75) is 38.8 Å². The van der Waals surface area contributed by atoms with E-state index in [1.165, 1.54) is 19.4 Å². The zero-order valence-corrected chi connectivity index (χ0v) is 11.5. The maximum atomic E-state index is 12.0. The van der Waals surface area contributed by atoms with Crippen molar-refractivity contribution in [2.75, 3.05) is 33.7 Å². The van der Waals surface area contributed by atoms with E-state index in [2.05, 4.69) is 18.7 Å². The summed E-state index contributed by atoms with van der Waals surface area (Å²) < 4.78 is 0. The third-order valence-corrected chi connectivity index (χ3v) is 4.14. The van der Waals surface area contributed by atoms with Gasteiger partial charge in [-0.1, -0.05) is 0 Å². The molecule has 0 aromatic carbocycles. The van der Waals surface area contributed by atoms with Gasteiger partial charge >= 0.3 is 6.03 Å². The first-order valence-electron chi connectivity index (χ1n) is 6.72. The van der Waals surface area contributed by atoms with Crippen LogP contribution in [0.15, 0.2) is 0 Å². The lowest BCUT2D eigenvalue weighted by atomic mass is 9.91. The van der Waals surface area contributed by atoms with Crippen molar-refractivity contribution < 1.29 is 4.79 Å². The standard InChI is InChI=1S/C13H25N3O/c1-10(2)16-7-5-6-11-8-15(9-12(11)16)13(17)14(3)4/h10-12H,5-9H2,1-4H3. The molecule has 2 atom stereocenters. The molecule has 2 amide bonds. The molecule has 0 saturated carbocycles. The lowest BCUT2D eigenvalue weighted by Gasteiger charge is -2.39. The molecule has 0 radical (unpaired) electrons. The molecule has 0 aromatic heterocycles. The molecular formula is C13H25N3O. The van der Waals surface area contributed by atoms with Crippen molar-refractivity contribution in [3.05, 3.63) is 0 Å². The number of hydrogen-bond acceptors (Lipinski definition) is 2. The fourth-order valence-electron chi connectivity index (χ4n) is 3.30. The Bertz CT molecular complexity index is 290. The SMILES string of the molecule is CC(C)N1CCCC2CN(C(=O)N(C)C)CC21. The van der Waals surface area contributed by atoms with Gasteiger partial charge in [-0.05, 0) is 39.2 Å². The third kappa shape index (κ3) is 2.41. The van der Waals surface area contributed by atoms with Gasteiger partial charge in [0.25, 0.3) is 0 Å². The molecule has 98 valence electrons. The Morgan fingerprint density at radius 1 is 1.29 bits per heavy atom. The van der Waals surface area contributed by atoms with Crippen LogP contribution in [0.25, 0.3) is 0 Å². The molecule has 4 nitrogen and oxygen atoms in total. The number of fused-ring (bicyclic) bond motifs is 1. The van der Waals surface area contributed by atoms with Crippen LogP contribution < -0.4 is 0 Å². The van der Waals surface area contributed by atoms with Gasteiger partial charge in [-0.3, -0.25) is 4.90 Å². The first-order chi connectivity index (χ1) is 8.00. The van der Waals surface area contributed by atoms with Crippen molar-refractivity contribution in [3.63, 3.8) is 0 Å². The van der Waals surface area contributed by atoms with Crippen LogP contribution in [0.2, 0.25) is 0 Å². The first-order valence-corrected chi connectivity index (χ1v) is 6.72. The molecule has 4 heteroatoms. The monoisotopic (exact) mass is 239 g/mol. The summed E-state index contributed by atoms with van der Waals surface area (Å²) in [6.45, 7) is 7.59. The summed E-state index contributed by atoms with van der Waals surface area (Å²) in [6, 6.07) is 1.35. The molecule has 0 N–H and O–H groups in total. The summed E-state index contributed by atoms with van der Waals surface area (Å²) in [4.78, 5) is 18.3. The van der Waals surface area contributed by atoms with Crippen molar-refractivity contribution >= 4 is 6.03 Å². The number of carbonyl (C=O) groups is 1. The van der Waals surface area contributed by atoms with Gasteiger partial charge in [0, 0.05) is 39.3 Å². The van der Waals surface area contributed by atoms with Gasteiger partial charge in [0.05, 0.1) is 0 Å². The number of piperidine rings is 1. The van der Waals surface area contributed by atoms with E-state index in [1.54, 1.807) is 4.90 Å². The summed E-state index contributed by atoms with van der Waals surface area (Å²) in [6.07, 6.45) is 2.56. The molecule has 17 heavy (non-hydrogen) atoms. The van der Waals surface area contributed by atoms with Crippen LogP contribution in [-0.4, -0.2) is 66.5 Å². The smallest absolute Gasteiger partial charge is 0.319 e. The zero-order chi connectivity index (χ0) is 12.6.